The molecule has 136 valence electrons. The van der Waals surface area contributed by atoms with Gasteiger partial charge in [-0.15, -0.1) is 0 Å². The Kier molecular flexibility index (Phi) is 5.08. The quantitative estimate of drug-likeness (QED) is 0.766. The Morgan fingerprint density at radius 2 is 2.08 bits per heavy atom. The van der Waals surface area contributed by atoms with E-state index in [2.05, 4.69) is 22.4 Å². The zero-order valence-electron chi connectivity index (χ0n) is 15.4. The molecule has 2 aromatic rings. The normalized spacial score (nSPS) is 14.9. The predicted octanol–water partition coefficient (Wildman–Crippen LogP) is 3.30. The molecule has 1 aliphatic rings. The highest BCUT2D eigenvalue weighted by molar-refractivity contribution is 6.06. The summed E-state index contributed by atoms with van der Waals surface area (Å²) < 4.78 is 5.43. The Balaban J connectivity index is 1.94. The van der Waals surface area contributed by atoms with Crippen molar-refractivity contribution < 1.29 is 9.32 Å². The van der Waals surface area contributed by atoms with Gasteiger partial charge in [0.1, 0.15) is 0 Å². The first-order valence-electron chi connectivity index (χ1n) is 9.37. The highest BCUT2D eigenvalue weighted by atomic mass is 16.5. The summed E-state index contributed by atoms with van der Waals surface area (Å²) in [6.45, 7) is 6.63. The third-order valence-corrected chi connectivity index (χ3v) is 5.27. The Morgan fingerprint density at radius 3 is 2.68 bits per heavy atom. The van der Waals surface area contributed by atoms with Gasteiger partial charge in [-0.3, -0.25) is 4.79 Å². The van der Waals surface area contributed by atoms with Crippen molar-refractivity contribution in [1.29, 1.82) is 0 Å². The maximum Gasteiger partial charge on any atom is 0.259 e. The molecular weight excluding hydrogens is 316 g/mol. The average Bonchev–Trinajstić information content (AvgIpc) is 3.41. The van der Waals surface area contributed by atoms with E-state index in [1.165, 1.54) is 0 Å². The number of rotatable bonds is 8. The van der Waals surface area contributed by atoms with Crippen LogP contribution in [0.5, 0.6) is 0 Å². The van der Waals surface area contributed by atoms with Crippen molar-refractivity contribution in [3.05, 3.63) is 23.0 Å². The molecule has 0 radical (unpaired) electrons. The third kappa shape index (κ3) is 3.68. The summed E-state index contributed by atoms with van der Waals surface area (Å²) in [7, 11) is 0. The zero-order valence-corrected chi connectivity index (χ0v) is 15.4. The number of nitrogens with one attached hydrogen (secondary N) is 1. The van der Waals surface area contributed by atoms with Gasteiger partial charge in [0, 0.05) is 23.7 Å². The van der Waals surface area contributed by atoms with E-state index in [1.807, 2.05) is 19.9 Å². The first-order valence-corrected chi connectivity index (χ1v) is 9.37. The van der Waals surface area contributed by atoms with Crippen LogP contribution in [-0.2, 0) is 6.42 Å². The topological polar surface area (TPSA) is 94.0 Å². The van der Waals surface area contributed by atoms with Gasteiger partial charge < -0.3 is 15.6 Å². The fraction of sp³-hybridized carbons (Fsp3) is 0.632. The summed E-state index contributed by atoms with van der Waals surface area (Å²) in [5.41, 5.74) is 8.78. The lowest BCUT2D eigenvalue weighted by molar-refractivity contribution is 0.0943. The Labute approximate surface area is 148 Å². The molecular formula is C19H28N4O2. The zero-order chi connectivity index (χ0) is 18.0. The van der Waals surface area contributed by atoms with Crippen LogP contribution in [0.3, 0.4) is 0 Å². The van der Waals surface area contributed by atoms with E-state index < -0.39 is 0 Å². The number of carbonyl (C=O) groups excluding carboxylic acids is 1. The van der Waals surface area contributed by atoms with Gasteiger partial charge in [-0.1, -0.05) is 32.3 Å². The Bertz CT molecular complexity index is 760. The smallest absolute Gasteiger partial charge is 0.259 e. The van der Waals surface area contributed by atoms with Crippen molar-refractivity contribution in [2.45, 2.75) is 70.8 Å². The fourth-order valence-corrected chi connectivity index (χ4v) is 3.06. The number of pyridine rings is 1. The number of hydrogen-bond acceptors (Lipinski definition) is 5. The molecule has 3 rings (SSSR count). The monoisotopic (exact) mass is 344 g/mol. The van der Waals surface area contributed by atoms with Gasteiger partial charge >= 0.3 is 0 Å². The van der Waals surface area contributed by atoms with Crippen LogP contribution in [0, 0.1) is 0 Å². The molecule has 0 bridgehead atoms. The summed E-state index contributed by atoms with van der Waals surface area (Å²) >= 11 is 0. The lowest BCUT2D eigenvalue weighted by Gasteiger charge is -2.26. The van der Waals surface area contributed by atoms with Crippen LogP contribution >= 0.6 is 0 Å². The Morgan fingerprint density at radius 1 is 1.36 bits per heavy atom. The second-order valence-corrected chi connectivity index (χ2v) is 7.18. The van der Waals surface area contributed by atoms with E-state index in [1.54, 1.807) is 0 Å². The van der Waals surface area contributed by atoms with Gasteiger partial charge in [0.25, 0.3) is 11.6 Å². The van der Waals surface area contributed by atoms with E-state index in [0.29, 0.717) is 23.7 Å². The van der Waals surface area contributed by atoms with Gasteiger partial charge in [0.2, 0.25) is 0 Å². The lowest BCUT2D eigenvalue weighted by Crippen LogP contribution is -2.49. The molecule has 0 spiro atoms. The largest absolute Gasteiger partial charge is 0.350 e. The first kappa shape index (κ1) is 17.9. The molecule has 0 unspecified atom stereocenters. The van der Waals surface area contributed by atoms with E-state index in [9.17, 15) is 4.79 Å². The number of nitrogens with two attached hydrogens (primary N) is 1. The molecule has 0 aromatic carbocycles. The van der Waals surface area contributed by atoms with Crippen LogP contribution in [-0.4, -0.2) is 28.1 Å². The van der Waals surface area contributed by atoms with Crippen LogP contribution in [0.1, 0.15) is 80.5 Å². The van der Waals surface area contributed by atoms with E-state index in [-0.39, 0.29) is 11.4 Å². The molecule has 1 fully saturated rings. The average molecular weight is 344 g/mol. The second-order valence-electron chi connectivity index (χ2n) is 7.18. The van der Waals surface area contributed by atoms with Crippen LogP contribution < -0.4 is 11.1 Å². The second kappa shape index (κ2) is 7.12. The number of amides is 1. The number of aryl methyl sites for hydroxylation is 1. The molecule has 1 aliphatic carbocycles. The third-order valence-electron chi connectivity index (χ3n) is 5.27. The van der Waals surface area contributed by atoms with Gasteiger partial charge in [-0.2, -0.15) is 0 Å². The molecule has 0 aliphatic heterocycles. The number of fused-ring (bicyclic) bond motifs is 1. The van der Waals surface area contributed by atoms with Gasteiger partial charge in [0.05, 0.1) is 16.6 Å². The molecule has 0 saturated heterocycles. The molecule has 1 saturated carbocycles. The van der Waals surface area contributed by atoms with Crippen LogP contribution in [0.25, 0.3) is 11.1 Å². The molecule has 2 heterocycles. The van der Waals surface area contributed by atoms with Crippen molar-refractivity contribution >= 4 is 17.0 Å². The van der Waals surface area contributed by atoms with Crippen molar-refractivity contribution in [1.82, 2.24) is 15.5 Å². The van der Waals surface area contributed by atoms with Crippen LogP contribution in [0.15, 0.2) is 10.6 Å². The Hall–Kier alpha value is -1.95. The number of hydrogen-bond donors (Lipinski definition) is 2. The summed E-state index contributed by atoms with van der Waals surface area (Å²) in [6, 6.07) is 1.92. The van der Waals surface area contributed by atoms with Crippen molar-refractivity contribution in [2.24, 2.45) is 5.73 Å². The van der Waals surface area contributed by atoms with Crippen molar-refractivity contribution in [3.8, 4) is 0 Å². The lowest BCUT2D eigenvalue weighted by atomic mass is 9.94. The van der Waals surface area contributed by atoms with E-state index in [4.69, 9.17) is 10.3 Å². The molecule has 2 aromatic heterocycles. The maximum absolute atomic E-state index is 12.9. The molecule has 0 atom stereocenters. The fourth-order valence-electron chi connectivity index (χ4n) is 3.06. The van der Waals surface area contributed by atoms with E-state index in [0.717, 1.165) is 55.3 Å². The van der Waals surface area contributed by atoms with Gasteiger partial charge in [-0.25, -0.2) is 4.98 Å². The minimum Gasteiger partial charge on any atom is -0.350 e. The van der Waals surface area contributed by atoms with E-state index >= 15 is 0 Å². The molecule has 25 heavy (non-hydrogen) atoms. The summed E-state index contributed by atoms with van der Waals surface area (Å²) in [4.78, 5) is 17.5. The minimum absolute atomic E-state index is 0.119. The molecule has 6 heteroatoms. The summed E-state index contributed by atoms with van der Waals surface area (Å²) in [5.74, 6) is 0.321. The number of aromatic nitrogens is 2. The van der Waals surface area contributed by atoms with Crippen LogP contribution in [0.4, 0.5) is 0 Å². The number of nitrogens with zero attached hydrogens (tertiary/aromatic N) is 2. The molecule has 1 amide bonds. The highest BCUT2D eigenvalue weighted by Gasteiger charge is 2.29. The number of carbonyl (C=O) groups is 1. The van der Waals surface area contributed by atoms with Crippen LogP contribution in [0.2, 0.25) is 0 Å². The SMILES string of the molecule is CCCc1noc2nc(C3CC3)cc(C(=O)NCC(N)(CC)CC)c12. The summed E-state index contributed by atoms with van der Waals surface area (Å²) in [5, 5.41) is 7.92. The standard InChI is InChI=1S/C19H28N4O2/c1-4-7-14-16-13(17(24)21-11-19(20,5-2)6-3)10-15(12-8-9-12)22-18(16)25-23-14/h10,12H,4-9,11,20H2,1-3H3,(H,21,24). The first-order chi connectivity index (χ1) is 12.0. The minimum atomic E-state index is -0.373. The van der Waals surface area contributed by atoms with Gasteiger partial charge in [-0.05, 0) is 38.2 Å². The summed E-state index contributed by atoms with van der Waals surface area (Å²) in [6.07, 6.45) is 5.57. The molecule has 3 N–H and O–H groups in total. The predicted molar refractivity (Wildman–Crippen MR) is 97.6 cm³/mol. The maximum atomic E-state index is 12.9. The van der Waals surface area contributed by atoms with Crippen molar-refractivity contribution in [2.75, 3.05) is 6.54 Å². The van der Waals surface area contributed by atoms with Gasteiger partial charge in [0.15, 0.2) is 0 Å². The highest BCUT2D eigenvalue weighted by Crippen LogP contribution is 2.40. The van der Waals surface area contributed by atoms with Crippen molar-refractivity contribution in [3.63, 3.8) is 0 Å². The molecule has 6 nitrogen and oxygen atoms in total.